The highest BCUT2D eigenvalue weighted by Gasteiger charge is 2.19. The van der Waals surface area contributed by atoms with Crippen LogP contribution in [0.4, 0.5) is 0 Å². The summed E-state index contributed by atoms with van der Waals surface area (Å²) in [7, 11) is 0. The number of aryl methyl sites for hydroxylation is 1. The average Bonchev–Trinajstić information content (AvgIpc) is 3.10. The normalized spacial score (nSPS) is 12.5. The van der Waals surface area contributed by atoms with Crippen LogP contribution in [-0.2, 0) is 18.5 Å². The van der Waals surface area contributed by atoms with Crippen molar-refractivity contribution in [3.8, 4) is 0 Å². The number of aromatic nitrogens is 2. The second kappa shape index (κ2) is 7.59. The molecule has 2 aromatic heterocycles. The molecule has 2 N–H and O–H groups in total. The van der Waals surface area contributed by atoms with E-state index in [2.05, 4.69) is 46.4 Å². The van der Waals surface area contributed by atoms with Gasteiger partial charge >= 0.3 is 0 Å². The molecule has 0 aromatic carbocycles. The predicted molar refractivity (Wildman–Crippen MR) is 93.7 cm³/mol. The lowest BCUT2D eigenvalue weighted by Crippen LogP contribution is -2.36. The highest BCUT2D eigenvalue weighted by Crippen LogP contribution is 2.22. The van der Waals surface area contributed by atoms with Crippen molar-refractivity contribution in [1.82, 2.24) is 20.6 Å². The third-order valence-corrected chi connectivity index (χ3v) is 4.21. The van der Waals surface area contributed by atoms with Gasteiger partial charge in [-0.3, -0.25) is 0 Å². The van der Waals surface area contributed by atoms with Crippen LogP contribution in [0.1, 0.15) is 49.9 Å². The largest absolute Gasteiger partial charge is 0.443 e. The third-order valence-electron chi connectivity index (χ3n) is 3.27. The molecule has 23 heavy (non-hydrogen) atoms. The zero-order valence-electron chi connectivity index (χ0n) is 14.4. The van der Waals surface area contributed by atoms with Gasteiger partial charge in [-0.15, -0.1) is 11.3 Å². The first-order valence-electron chi connectivity index (χ1n) is 7.76. The van der Waals surface area contributed by atoms with Gasteiger partial charge in [0.05, 0.1) is 23.9 Å². The van der Waals surface area contributed by atoms with Crippen LogP contribution >= 0.6 is 11.3 Å². The summed E-state index contributed by atoms with van der Waals surface area (Å²) in [6, 6.07) is 0. The Morgan fingerprint density at radius 1 is 1.30 bits per heavy atom. The molecule has 0 saturated heterocycles. The smallest absolute Gasteiger partial charge is 0.216 e. The Labute approximate surface area is 141 Å². The highest BCUT2D eigenvalue weighted by molar-refractivity contribution is 7.09. The van der Waals surface area contributed by atoms with E-state index in [4.69, 9.17) is 4.42 Å². The zero-order chi connectivity index (χ0) is 16.9. The van der Waals surface area contributed by atoms with Gasteiger partial charge in [-0.05, 0) is 13.8 Å². The quantitative estimate of drug-likeness (QED) is 0.649. The minimum Gasteiger partial charge on any atom is -0.443 e. The van der Waals surface area contributed by atoms with Crippen LogP contribution in [0.3, 0.4) is 0 Å². The summed E-state index contributed by atoms with van der Waals surface area (Å²) in [6.45, 7) is 12.3. The van der Waals surface area contributed by atoms with Gasteiger partial charge in [0.2, 0.25) is 5.89 Å². The fraction of sp³-hybridized carbons (Fsp3) is 0.562. The molecular formula is C16H25N5OS. The Morgan fingerprint density at radius 2 is 2.09 bits per heavy atom. The van der Waals surface area contributed by atoms with Gasteiger partial charge in [-0.2, -0.15) is 0 Å². The summed E-state index contributed by atoms with van der Waals surface area (Å²) in [5.41, 5.74) is 2.87. The summed E-state index contributed by atoms with van der Waals surface area (Å²) in [5.74, 6) is 2.25. The number of guanidine groups is 1. The van der Waals surface area contributed by atoms with Crippen molar-refractivity contribution < 1.29 is 4.42 Å². The van der Waals surface area contributed by atoms with Crippen molar-refractivity contribution in [3.05, 3.63) is 33.9 Å². The molecule has 0 unspecified atom stereocenters. The molecular weight excluding hydrogens is 310 g/mol. The fourth-order valence-corrected chi connectivity index (χ4v) is 2.60. The second-order valence-corrected chi connectivity index (χ2v) is 7.22. The van der Waals surface area contributed by atoms with E-state index in [1.165, 1.54) is 4.88 Å². The van der Waals surface area contributed by atoms with E-state index in [9.17, 15) is 0 Å². The summed E-state index contributed by atoms with van der Waals surface area (Å²) >= 11 is 1.64. The van der Waals surface area contributed by atoms with Crippen LogP contribution in [0.15, 0.2) is 21.1 Å². The number of aliphatic imine (C=N–C) groups is 1. The molecule has 0 atom stereocenters. The lowest BCUT2D eigenvalue weighted by molar-refractivity contribution is 0.383. The van der Waals surface area contributed by atoms with E-state index in [-0.39, 0.29) is 5.41 Å². The highest BCUT2D eigenvalue weighted by atomic mass is 32.1. The summed E-state index contributed by atoms with van der Waals surface area (Å²) in [6.07, 6.45) is 1.78. The first-order valence-corrected chi connectivity index (χ1v) is 8.64. The maximum Gasteiger partial charge on any atom is 0.216 e. The van der Waals surface area contributed by atoms with Gasteiger partial charge in [-0.25, -0.2) is 15.0 Å². The summed E-state index contributed by atoms with van der Waals surface area (Å²) in [5, 5.41) is 6.54. The molecule has 0 radical (unpaired) electrons. The number of oxazole rings is 1. The summed E-state index contributed by atoms with van der Waals surface area (Å²) in [4.78, 5) is 14.3. The molecule has 0 spiro atoms. The molecule has 2 heterocycles. The van der Waals surface area contributed by atoms with E-state index < -0.39 is 0 Å². The molecule has 0 aliphatic rings. The van der Waals surface area contributed by atoms with Crippen molar-refractivity contribution in [2.45, 2.75) is 53.1 Å². The van der Waals surface area contributed by atoms with Gasteiger partial charge in [0.15, 0.2) is 5.96 Å². The van der Waals surface area contributed by atoms with E-state index in [1.54, 1.807) is 17.5 Å². The zero-order valence-corrected chi connectivity index (χ0v) is 15.3. The van der Waals surface area contributed by atoms with Gasteiger partial charge in [-0.1, -0.05) is 20.8 Å². The van der Waals surface area contributed by atoms with Gasteiger partial charge in [0, 0.05) is 16.8 Å². The summed E-state index contributed by atoms with van der Waals surface area (Å²) < 4.78 is 5.76. The van der Waals surface area contributed by atoms with E-state index in [0.29, 0.717) is 19.0 Å². The number of rotatable bonds is 5. The molecule has 0 saturated carbocycles. The van der Waals surface area contributed by atoms with Gasteiger partial charge in [0.25, 0.3) is 0 Å². The standard InChI is InChI=1S/C16H25N5OS/c1-6-17-15(19-7-12-11(2)21-10-23-12)20-9-14-18-8-13(22-14)16(3,4)5/h8,10H,6-7,9H2,1-5H3,(H2,17,19,20). The van der Waals surface area contributed by atoms with Crippen molar-refractivity contribution in [3.63, 3.8) is 0 Å². The van der Waals surface area contributed by atoms with Crippen LogP contribution in [-0.4, -0.2) is 22.5 Å². The number of thiazole rings is 1. The number of nitrogens with zero attached hydrogens (tertiary/aromatic N) is 3. The molecule has 2 aromatic rings. The topological polar surface area (TPSA) is 75.3 Å². The number of hydrogen-bond donors (Lipinski definition) is 2. The maximum atomic E-state index is 5.76. The van der Waals surface area contributed by atoms with E-state index in [1.807, 2.05) is 19.4 Å². The van der Waals surface area contributed by atoms with Crippen LogP contribution in [0.25, 0.3) is 0 Å². The van der Waals surface area contributed by atoms with Gasteiger partial charge < -0.3 is 15.1 Å². The first-order chi connectivity index (χ1) is 10.9. The Bertz CT molecular complexity index is 653. The lowest BCUT2D eigenvalue weighted by Gasteiger charge is -2.13. The van der Waals surface area contributed by atoms with Crippen molar-refractivity contribution >= 4 is 17.3 Å². The van der Waals surface area contributed by atoms with E-state index >= 15 is 0 Å². The van der Waals surface area contributed by atoms with Crippen molar-refractivity contribution in [2.75, 3.05) is 6.54 Å². The second-order valence-electron chi connectivity index (χ2n) is 6.28. The van der Waals surface area contributed by atoms with Crippen molar-refractivity contribution in [2.24, 2.45) is 4.99 Å². The fourth-order valence-electron chi connectivity index (χ4n) is 1.88. The van der Waals surface area contributed by atoms with Crippen molar-refractivity contribution in [1.29, 1.82) is 0 Å². The van der Waals surface area contributed by atoms with Crippen LogP contribution < -0.4 is 10.6 Å². The Morgan fingerprint density at radius 3 is 2.65 bits per heavy atom. The Balaban J connectivity index is 1.98. The molecule has 6 nitrogen and oxygen atoms in total. The minimum atomic E-state index is -0.0403. The van der Waals surface area contributed by atoms with Crippen LogP contribution in [0.2, 0.25) is 0 Å². The maximum absolute atomic E-state index is 5.76. The molecule has 0 fully saturated rings. The van der Waals surface area contributed by atoms with Crippen LogP contribution in [0.5, 0.6) is 0 Å². The number of hydrogen-bond acceptors (Lipinski definition) is 5. The molecule has 2 rings (SSSR count). The lowest BCUT2D eigenvalue weighted by atomic mass is 9.94. The van der Waals surface area contributed by atoms with Gasteiger partial charge in [0.1, 0.15) is 12.3 Å². The SMILES string of the molecule is CCNC(=NCc1ncc(C(C)(C)C)o1)NCc1scnc1C. The monoisotopic (exact) mass is 335 g/mol. The molecule has 0 bridgehead atoms. The third kappa shape index (κ3) is 5.06. The predicted octanol–water partition coefficient (Wildman–Crippen LogP) is 2.99. The van der Waals surface area contributed by atoms with Crippen LogP contribution in [0, 0.1) is 6.92 Å². The first kappa shape index (κ1) is 17.5. The number of nitrogens with one attached hydrogen (secondary N) is 2. The Kier molecular flexibility index (Phi) is 5.76. The molecule has 126 valence electrons. The molecule has 0 amide bonds. The molecule has 7 heteroatoms. The average molecular weight is 335 g/mol. The Hall–Kier alpha value is -1.89. The van der Waals surface area contributed by atoms with E-state index in [0.717, 1.165) is 24.0 Å². The minimum absolute atomic E-state index is 0.0403. The molecule has 0 aliphatic carbocycles. The molecule has 0 aliphatic heterocycles.